The molecule has 0 saturated carbocycles. The monoisotopic (exact) mass is 228 g/mol. The van der Waals surface area contributed by atoms with E-state index in [1.54, 1.807) is 30.3 Å². The molecule has 5 heteroatoms. The number of esters is 1. The minimum atomic E-state index is -4.06. The second kappa shape index (κ2) is 4.83. The summed E-state index contributed by atoms with van der Waals surface area (Å²) in [4.78, 5) is 21.4. The predicted octanol–water partition coefficient (Wildman–Crippen LogP) is 1.95. The summed E-state index contributed by atoms with van der Waals surface area (Å²) in [6, 6.07) is 8.37. The van der Waals surface area contributed by atoms with Crippen LogP contribution in [0.2, 0.25) is 0 Å². The normalized spacial score (nSPS) is 10.9. The lowest BCUT2D eigenvalue weighted by Crippen LogP contribution is -2.37. The van der Waals surface area contributed by atoms with Gasteiger partial charge in [-0.2, -0.15) is 8.78 Å². The first-order chi connectivity index (χ1) is 7.44. The Kier molecular flexibility index (Phi) is 3.71. The summed E-state index contributed by atoms with van der Waals surface area (Å²) in [5, 5.41) is 0. The average molecular weight is 228 g/mol. The summed E-state index contributed by atoms with van der Waals surface area (Å²) < 4.78 is 30.0. The molecule has 0 atom stereocenters. The number of Topliss-reactive ketones (excluding diaryl/α,β-unsaturated/α-hetero) is 1. The minimum Gasteiger partial charge on any atom is -0.456 e. The average Bonchev–Trinajstić information content (AvgIpc) is 2.27. The summed E-state index contributed by atoms with van der Waals surface area (Å²) in [6.45, 7) is 0.367. The highest BCUT2D eigenvalue weighted by Gasteiger charge is 2.46. The van der Waals surface area contributed by atoms with Crippen molar-refractivity contribution in [2.24, 2.45) is 0 Å². The van der Waals surface area contributed by atoms with Gasteiger partial charge in [0.15, 0.2) is 0 Å². The van der Waals surface area contributed by atoms with E-state index < -0.39 is 17.7 Å². The fourth-order valence-electron chi connectivity index (χ4n) is 0.957. The number of ether oxygens (including phenoxy) is 1. The molecule has 0 fully saturated rings. The van der Waals surface area contributed by atoms with Crippen molar-refractivity contribution in [1.82, 2.24) is 0 Å². The molecule has 0 saturated heterocycles. The van der Waals surface area contributed by atoms with Crippen molar-refractivity contribution in [2.75, 3.05) is 0 Å². The van der Waals surface area contributed by atoms with Gasteiger partial charge in [0.1, 0.15) is 6.61 Å². The fraction of sp³-hybridized carbons (Fsp3) is 0.273. The van der Waals surface area contributed by atoms with E-state index in [0.717, 1.165) is 0 Å². The molecule has 0 N–H and O–H groups in total. The molecular formula is C11H10F2O3. The summed E-state index contributed by atoms with van der Waals surface area (Å²) >= 11 is 0. The molecule has 1 aromatic carbocycles. The smallest absolute Gasteiger partial charge is 0.399 e. The molecule has 1 rings (SSSR count). The molecule has 3 nitrogen and oxygen atoms in total. The van der Waals surface area contributed by atoms with Gasteiger partial charge in [-0.05, 0) is 5.56 Å². The van der Waals surface area contributed by atoms with Crippen LogP contribution in [0, 0.1) is 0 Å². The molecule has 0 aliphatic heterocycles. The van der Waals surface area contributed by atoms with Crippen LogP contribution in [0.15, 0.2) is 30.3 Å². The standard InChI is InChI=1S/C11H10F2O3/c1-8(14)11(12,13)10(15)16-7-9-5-3-2-4-6-9/h2-6H,7H2,1H3. The zero-order chi connectivity index (χ0) is 12.2. The Morgan fingerprint density at radius 1 is 1.25 bits per heavy atom. The van der Waals surface area contributed by atoms with Crippen molar-refractivity contribution in [3.63, 3.8) is 0 Å². The topological polar surface area (TPSA) is 43.4 Å². The number of carbonyl (C=O) groups excluding carboxylic acids is 2. The van der Waals surface area contributed by atoms with Crippen molar-refractivity contribution in [2.45, 2.75) is 19.5 Å². The van der Waals surface area contributed by atoms with Gasteiger partial charge in [0.25, 0.3) is 0 Å². The SMILES string of the molecule is CC(=O)C(F)(F)C(=O)OCc1ccccc1. The van der Waals surface area contributed by atoms with Gasteiger partial charge < -0.3 is 4.74 Å². The van der Waals surface area contributed by atoms with Crippen molar-refractivity contribution in [3.05, 3.63) is 35.9 Å². The largest absolute Gasteiger partial charge is 0.456 e. The highest BCUT2D eigenvalue weighted by molar-refractivity contribution is 6.04. The fourth-order valence-corrected chi connectivity index (χ4v) is 0.957. The van der Waals surface area contributed by atoms with E-state index in [2.05, 4.69) is 4.74 Å². The number of hydrogen-bond acceptors (Lipinski definition) is 3. The minimum absolute atomic E-state index is 0.275. The van der Waals surface area contributed by atoms with Crippen LogP contribution >= 0.6 is 0 Å². The number of alkyl halides is 2. The Morgan fingerprint density at radius 2 is 1.81 bits per heavy atom. The van der Waals surface area contributed by atoms with Gasteiger partial charge in [0, 0.05) is 6.92 Å². The second-order valence-electron chi connectivity index (χ2n) is 3.19. The van der Waals surface area contributed by atoms with Crippen LogP contribution in [-0.4, -0.2) is 17.7 Å². The lowest BCUT2D eigenvalue weighted by Gasteiger charge is -2.11. The third kappa shape index (κ3) is 2.85. The van der Waals surface area contributed by atoms with E-state index in [9.17, 15) is 18.4 Å². The van der Waals surface area contributed by atoms with Gasteiger partial charge in [-0.15, -0.1) is 0 Å². The number of hydrogen-bond donors (Lipinski definition) is 0. The molecule has 86 valence electrons. The van der Waals surface area contributed by atoms with E-state index in [1.807, 2.05) is 0 Å². The maximum absolute atomic E-state index is 12.8. The quantitative estimate of drug-likeness (QED) is 0.584. The van der Waals surface area contributed by atoms with Crippen LogP contribution < -0.4 is 0 Å². The van der Waals surface area contributed by atoms with Gasteiger partial charge in [-0.25, -0.2) is 4.79 Å². The van der Waals surface area contributed by atoms with E-state index >= 15 is 0 Å². The number of rotatable bonds is 4. The maximum atomic E-state index is 12.8. The van der Waals surface area contributed by atoms with Crippen molar-refractivity contribution in [3.8, 4) is 0 Å². The Labute approximate surface area is 91.0 Å². The van der Waals surface area contributed by atoms with Crippen molar-refractivity contribution >= 4 is 11.8 Å². The van der Waals surface area contributed by atoms with Crippen molar-refractivity contribution < 1.29 is 23.1 Å². The lowest BCUT2D eigenvalue weighted by molar-refractivity contribution is -0.177. The molecule has 0 amide bonds. The Hall–Kier alpha value is -1.78. The van der Waals surface area contributed by atoms with E-state index in [1.165, 1.54) is 0 Å². The van der Waals surface area contributed by atoms with Crippen LogP contribution in [0.1, 0.15) is 12.5 Å². The van der Waals surface area contributed by atoms with Crippen LogP contribution in [0.25, 0.3) is 0 Å². The number of halogens is 2. The van der Waals surface area contributed by atoms with Gasteiger partial charge in [-0.1, -0.05) is 30.3 Å². The van der Waals surface area contributed by atoms with E-state index in [0.29, 0.717) is 12.5 Å². The number of carbonyl (C=O) groups is 2. The second-order valence-corrected chi connectivity index (χ2v) is 3.19. The van der Waals surface area contributed by atoms with Crippen LogP contribution in [0.3, 0.4) is 0 Å². The molecule has 0 aliphatic rings. The zero-order valence-electron chi connectivity index (χ0n) is 8.57. The lowest BCUT2D eigenvalue weighted by atomic mass is 10.2. The molecule has 0 aromatic heterocycles. The predicted molar refractivity (Wildman–Crippen MR) is 51.9 cm³/mol. The van der Waals surface area contributed by atoms with Gasteiger partial charge in [0.2, 0.25) is 5.78 Å². The van der Waals surface area contributed by atoms with Gasteiger partial charge >= 0.3 is 11.9 Å². The molecule has 0 unspecified atom stereocenters. The summed E-state index contributed by atoms with van der Waals surface area (Å²) in [7, 11) is 0. The third-order valence-corrected chi connectivity index (χ3v) is 1.91. The van der Waals surface area contributed by atoms with Crippen molar-refractivity contribution in [1.29, 1.82) is 0 Å². The Bertz CT molecular complexity index is 387. The first-order valence-corrected chi connectivity index (χ1v) is 4.54. The van der Waals surface area contributed by atoms with E-state index in [4.69, 9.17) is 0 Å². The first kappa shape index (κ1) is 12.3. The highest BCUT2D eigenvalue weighted by atomic mass is 19.3. The highest BCUT2D eigenvalue weighted by Crippen LogP contribution is 2.17. The molecule has 0 spiro atoms. The Morgan fingerprint density at radius 3 is 2.31 bits per heavy atom. The van der Waals surface area contributed by atoms with Crippen LogP contribution in [-0.2, 0) is 20.9 Å². The number of benzene rings is 1. The molecule has 0 aliphatic carbocycles. The molecule has 0 heterocycles. The molecule has 1 aromatic rings. The molecule has 16 heavy (non-hydrogen) atoms. The van der Waals surface area contributed by atoms with E-state index in [-0.39, 0.29) is 6.61 Å². The molecular weight excluding hydrogens is 218 g/mol. The summed E-state index contributed by atoms with van der Waals surface area (Å²) in [6.07, 6.45) is 0. The summed E-state index contributed by atoms with van der Waals surface area (Å²) in [5.74, 6) is -7.40. The molecule has 0 bridgehead atoms. The summed E-state index contributed by atoms with van der Waals surface area (Å²) in [5.41, 5.74) is 0.579. The maximum Gasteiger partial charge on any atom is 0.399 e. The first-order valence-electron chi connectivity index (χ1n) is 4.54. The Balaban J connectivity index is 2.57. The zero-order valence-corrected chi connectivity index (χ0v) is 8.57. The van der Waals surface area contributed by atoms with Gasteiger partial charge in [-0.3, -0.25) is 4.79 Å². The van der Waals surface area contributed by atoms with Gasteiger partial charge in [0.05, 0.1) is 0 Å². The van der Waals surface area contributed by atoms with Crippen LogP contribution in [0.4, 0.5) is 8.78 Å². The number of ketones is 1. The van der Waals surface area contributed by atoms with Crippen LogP contribution in [0.5, 0.6) is 0 Å². The molecule has 0 radical (unpaired) electrons. The third-order valence-electron chi connectivity index (χ3n) is 1.91.